The Balaban J connectivity index is 2.14. The molecule has 2 N–H and O–H groups in total. The second-order valence-corrected chi connectivity index (χ2v) is 3.73. The molecule has 0 spiro atoms. The molecule has 0 unspecified atom stereocenters. The first-order valence-corrected chi connectivity index (χ1v) is 4.56. The zero-order valence-corrected chi connectivity index (χ0v) is 7.75. The van der Waals surface area contributed by atoms with Gasteiger partial charge in [-0.05, 0) is 31.4 Å². The molecule has 0 aromatic carbocycles. The maximum Gasteiger partial charge on any atom is 0.129 e. The number of anilines is 1. The lowest BCUT2D eigenvalue weighted by atomic mass is 10.2. The number of hydrogen-bond donors (Lipinski definition) is 2. The Morgan fingerprint density at radius 2 is 2.38 bits per heavy atom. The van der Waals surface area contributed by atoms with E-state index in [2.05, 4.69) is 10.3 Å². The van der Waals surface area contributed by atoms with E-state index >= 15 is 0 Å². The van der Waals surface area contributed by atoms with Gasteiger partial charge in [-0.1, -0.05) is 6.07 Å². The highest BCUT2D eigenvalue weighted by molar-refractivity contribution is 5.46. The molecule has 1 saturated carbocycles. The molecule has 1 fully saturated rings. The van der Waals surface area contributed by atoms with Crippen LogP contribution in [-0.2, 0) is 0 Å². The highest BCUT2D eigenvalue weighted by Crippen LogP contribution is 2.38. The zero-order chi connectivity index (χ0) is 9.31. The van der Waals surface area contributed by atoms with Gasteiger partial charge in [0.2, 0.25) is 0 Å². The van der Waals surface area contributed by atoms with Crippen molar-refractivity contribution in [2.75, 3.05) is 11.9 Å². The van der Waals surface area contributed by atoms with E-state index in [9.17, 15) is 0 Å². The summed E-state index contributed by atoms with van der Waals surface area (Å²) in [5.41, 5.74) is 1.06. The lowest BCUT2D eigenvalue weighted by molar-refractivity contribution is 0.266. The van der Waals surface area contributed by atoms with Crippen molar-refractivity contribution in [3.8, 4) is 0 Å². The van der Waals surface area contributed by atoms with Crippen LogP contribution in [0.2, 0.25) is 0 Å². The van der Waals surface area contributed by atoms with Crippen LogP contribution in [0, 0.1) is 6.92 Å². The summed E-state index contributed by atoms with van der Waals surface area (Å²) in [7, 11) is 0. The van der Waals surface area contributed by atoms with Crippen LogP contribution in [0.3, 0.4) is 0 Å². The fourth-order valence-electron chi connectivity index (χ4n) is 1.34. The molecule has 1 aromatic rings. The first-order valence-electron chi connectivity index (χ1n) is 4.56. The zero-order valence-electron chi connectivity index (χ0n) is 7.75. The van der Waals surface area contributed by atoms with Gasteiger partial charge in [0.05, 0.1) is 12.1 Å². The van der Waals surface area contributed by atoms with Gasteiger partial charge in [0.25, 0.3) is 0 Å². The van der Waals surface area contributed by atoms with E-state index in [1.165, 1.54) is 0 Å². The van der Waals surface area contributed by atoms with Crippen LogP contribution >= 0.6 is 0 Å². The number of nitrogens with zero attached hydrogens (tertiary/aromatic N) is 1. The standard InChI is InChI=1S/C10H14N2O/c1-8-3-2-6-11-9(8)12-10(7-13)4-5-10/h2-3,6,13H,4-5,7H2,1H3,(H,11,12). The summed E-state index contributed by atoms with van der Waals surface area (Å²) >= 11 is 0. The molecule has 1 aliphatic carbocycles. The number of aromatic nitrogens is 1. The van der Waals surface area contributed by atoms with Crippen LogP contribution in [0.1, 0.15) is 18.4 Å². The fourth-order valence-corrected chi connectivity index (χ4v) is 1.34. The minimum Gasteiger partial charge on any atom is -0.394 e. The number of aliphatic hydroxyl groups excluding tert-OH is 1. The summed E-state index contributed by atoms with van der Waals surface area (Å²) in [4.78, 5) is 4.23. The smallest absolute Gasteiger partial charge is 0.129 e. The molecular weight excluding hydrogens is 164 g/mol. The molecule has 1 heterocycles. The van der Waals surface area contributed by atoms with Crippen molar-refractivity contribution in [2.24, 2.45) is 0 Å². The van der Waals surface area contributed by atoms with E-state index in [0.717, 1.165) is 24.2 Å². The maximum absolute atomic E-state index is 9.12. The highest BCUT2D eigenvalue weighted by Gasteiger charge is 2.42. The van der Waals surface area contributed by atoms with Crippen molar-refractivity contribution in [1.82, 2.24) is 4.98 Å². The third-order valence-corrected chi connectivity index (χ3v) is 2.55. The first-order chi connectivity index (χ1) is 6.26. The van der Waals surface area contributed by atoms with Gasteiger partial charge in [-0.3, -0.25) is 0 Å². The molecule has 70 valence electrons. The number of rotatable bonds is 3. The SMILES string of the molecule is Cc1cccnc1NC1(CO)CC1. The molecule has 0 amide bonds. The van der Waals surface area contributed by atoms with E-state index in [0.29, 0.717) is 0 Å². The highest BCUT2D eigenvalue weighted by atomic mass is 16.3. The largest absolute Gasteiger partial charge is 0.394 e. The Kier molecular flexibility index (Phi) is 1.96. The molecule has 0 aliphatic heterocycles. The lowest BCUT2D eigenvalue weighted by Gasteiger charge is -2.16. The van der Waals surface area contributed by atoms with Gasteiger partial charge in [-0.25, -0.2) is 4.98 Å². The lowest BCUT2D eigenvalue weighted by Crippen LogP contribution is -2.26. The summed E-state index contributed by atoms with van der Waals surface area (Å²) in [6.07, 6.45) is 3.85. The van der Waals surface area contributed by atoms with Gasteiger partial charge >= 0.3 is 0 Å². The number of pyridine rings is 1. The van der Waals surface area contributed by atoms with Crippen LogP contribution in [0.5, 0.6) is 0 Å². The number of aliphatic hydroxyl groups is 1. The molecule has 3 heteroatoms. The van der Waals surface area contributed by atoms with Crippen LogP contribution in [-0.4, -0.2) is 22.2 Å². The van der Waals surface area contributed by atoms with E-state index < -0.39 is 0 Å². The van der Waals surface area contributed by atoms with Crippen molar-refractivity contribution in [3.05, 3.63) is 23.9 Å². The average Bonchev–Trinajstić information content (AvgIpc) is 2.90. The normalized spacial score (nSPS) is 18.3. The van der Waals surface area contributed by atoms with Gasteiger partial charge in [0.1, 0.15) is 5.82 Å². The first kappa shape index (κ1) is 8.51. The predicted molar refractivity (Wildman–Crippen MR) is 51.6 cm³/mol. The third-order valence-electron chi connectivity index (χ3n) is 2.55. The fraction of sp³-hybridized carbons (Fsp3) is 0.500. The molecular formula is C10H14N2O. The topological polar surface area (TPSA) is 45.2 Å². The Bertz CT molecular complexity index is 308. The van der Waals surface area contributed by atoms with Gasteiger partial charge in [-0.2, -0.15) is 0 Å². The molecule has 0 saturated heterocycles. The summed E-state index contributed by atoms with van der Waals surface area (Å²) in [5.74, 6) is 0.897. The molecule has 13 heavy (non-hydrogen) atoms. The average molecular weight is 178 g/mol. The summed E-state index contributed by atoms with van der Waals surface area (Å²) < 4.78 is 0. The van der Waals surface area contributed by atoms with E-state index in [1.807, 2.05) is 19.1 Å². The molecule has 0 radical (unpaired) electrons. The Morgan fingerprint density at radius 1 is 1.62 bits per heavy atom. The summed E-state index contributed by atoms with van der Waals surface area (Å²) in [5, 5.41) is 12.4. The van der Waals surface area contributed by atoms with E-state index in [1.54, 1.807) is 6.20 Å². The maximum atomic E-state index is 9.12. The van der Waals surface area contributed by atoms with Crippen molar-refractivity contribution in [2.45, 2.75) is 25.3 Å². The summed E-state index contributed by atoms with van der Waals surface area (Å²) in [6, 6.07) is 3.93. The number of nitrogens with one attached hydrogen (secondary N) is 1. The molecule has 1 aromatic heterocycles. The quantitative estimate of drug-likeness (QED) is 0.734. The van der Waals surface area contributed by atoms with Crippen LogP contribution < -0.4 is 5.32 Å². The van der Waals surface area contributed by atoms with E-state index in [-0.39, 0.29) is 12.1 Å². The third kappa shape index (κ3) is 1.65. The Hall–Kier alpha value is -1.09. The van der Waals surface area contributed by atoms with Crippen molar-refractivity contribution in [1.29, 1.82) is 0 Å². The van der Waals surface area contributed by atoms with Crippen molar-refractivity contribution >= 4 is 5.82 Å². The molecule has 0 atom stereocenters. The Morgan fingerprint density at radius 3 is 2.92 bits per heavy atom. The predicted octanol–water partition coefficient (Wildman–Crippen LogP) is 1.33. The molecule has 3 nitrogen and oxygen atoms in total. The minimum atomic E-state index is -0.0703. The molecule has 2 rings (SSSR count). The second-order valence-electron chi connectivity index (χ2n) is 3.73. The monoisotopic (exact) mass is 178 g/mol. The van der Waals surface area contributed by atoms with Crippen LogP contribution in [0.25, 0.3) is 0 Å². The Labute approximate surface area is 77.8 Å². The van der Waals surface area contributed by atoms with Crippen molar-refractivity contribution < 1.29 is 5.11 Å². The van der Waals surface area contributed by atoms with Gasteiger partial charge < -0.3 is 10.4 Å². The van der Waals surface area contributed by atoms with Crippen LogP contribution in [0.4, 0.5) is 5.82 Å². The van der Waals surface area contributed by atoms with E-state index in [4.69, 9.17) is 5.11 Å². The second kappa shape index (κ2) is 3.00. The van der Waals surface area contributed by atoms with Gasteiger partial charge in [0, 0.05) is 6.20 Å². The van der Waals surface area contributed by atoms with Crippen molar-refractivity contribution in [3.63, 3.8) is 0 Å². The molecule has 1 aliphatic rings. The molecule has 0 bridgehead atoms. The summed E-state index contributed by atoms with van der Waals surface area (Å²) in [6.45, 7) is 2.21. The van der Waals surface area contributed by atoms with Gasteiger partial charge in [0.15, 0.2) is 0 Å². The minimum absolute atomic E-state index is 0.0703. The number of hydrogen-bond acceptors (Lipinski definition) is 3. The van der Waals surface area contributed by atoms with Crippen LogP contribution in [0.15, 0.2) is 18.3 Å². The number of aryl methyl sites for hydroxylation is 1. The van der Waals surface area contributed by atoms with Gasteiger partial charge in [-0.15, -0.1) is 0 Å².